The number of rotatable bonds is 9. The van der Waals surface area contributed by atoms with Crippen LogP contribution in [0.15, 0.2) is 0 Å². The van der Waals surface area contributed by atoms with Gasteiger partial charge in [0, 0.05) is 8.77 Å². The van der Waals surface area contributed by atoms with Crippen molar-refractivity contribution >= 4 is 23.8 Å². The molecule has 8 heteroatoms. The zero-order valence-corrected chi connectivity index (χ0v) is 19.7. The molecule has 1 aliphatic carbocycles. The van der Waals surface area contributed by atoms with Gasteiger partial charge in [0.15, 0.2) is 0 Å². The fraction of sp³-hybridized carbons (Fsp3) is 0.818. The molecule has 0 aromatic heterocycles. The fourth-order valence-corrected chi connectivity index (χ4v) is 3.35. The van der Waals surface area contributed by atoms with Crippen LogP contribution in [0.2, 0.25) is 0 Å². The van der Waals surface area contributed by atoms with Gasteiger partial charge in [-0.05, 0) is 39.5 Å². The van der Waals surface area contributed by atoms with E-state index in [2.05, 4.69) is 5.32 Å². The predicted molar refractivity (Wildman–Crippen MR) is 117 cm³/mol. The van der Waals surface area contributed by atoms with Gasteiger partial charge in [-0.1, -0.05) is 34.6 Å². The van der Waals surface area contributed by atoms with E-state index < -0.39 is 35.3 Å². The molecule has 0 aromatic carbocycles. The summed E-state index contributed by atoms with van der Waals surface area (Å²) in [5.74, 6) is -4.22. The van der Waals surface area contributed by atoms with E-state index in [1.807, 2.05) is 27.7 Å². The normalized spacial score (nSPS) is 23.6. The van der Waals surface area contributed by atoms with Gasteiger partial charge in [-0.2, -0.15) is 0 Å². The Bertz CT molecular complexity index is 573. The molecular weight excluding hydrogens is 390 g/mol. The van der Waals surface area contributed by atoms with Crippen LogP contribution in [0.4, 0.5) is 0 Å². The first kappa shape index (κ1) is 27.9. The number of hydrogen-bond donors (Lipinski definition) is 1. The molecule has 0 spiro atoms. The number of esters is 3. The molecule has 1 fully saturated rings. The van der Waals surface area contributed by atoms with E-state index in [1.165, 1.54) is 0 Å². The topological polar surface area (TPSA) is 108 Å². The maximum Gasteiger partial charge on any atom is 0.331 e. The quantitative estimate of drug-likeness (QED) is 0.439. The van der Waals surface area contributed by atoms with Crippen LogP contribution in [0.3, 0.4) is 0 Å². The molecule has 1 amide bonds. The lowest BCUT2D eigenvalue weighted by Crippen LogP contribution is -2.55. The lowest BCUT2D eigenvalue weighted by atomic mass is 9.91. The minimum Gasteiger partial charge on any atom is -0.466 e. The lowest BCUT2D eigenvalue weighted by Gasteiger charge is -2.30. The van der Waals surface area contributed by atoms with Crippen molar-refractivity contribution < 1.29 is 36.2 Å². The second kappa shape index (κ2) is 13.2. The Labute approximate surface area is 183 Å². The van der Waals surface area contributed by atoms with E-state index in [9.17, 15) is 19.2 Å². The maximum absolute atomic E-state index is 12.8. The summed E-state index contributed by atoms with van der Waals surface area (Å²) in [6, 6.07) is 0. The van der Waals surface area contributed by atoms with Gasteiger partial charge in [0.2, 0.25) is 5.91 Å². The number of nitrogens with one attached hydrogen (secondary N) is 1. The SMILES string of the molecule is CC.CCOC(=O)[C@H]1CC(NC(=O)[C@@H](C)C(C)C)(C(=O)OCC)C[C@H]1C(=O)OCC.[HH].[HH]. The van der Waals surface area contributed by atoms with Gasteiger partial charge >= 0.3 is 17.9 Å². The molecule has 0 aromatic rings. The van der Waals surface area contributed by atoms with Crippen molar-refractivity contribution in [3.63, 3.8) is 0 Å². The third-order valence-corrected chi connectivity index (χ3v) is 5.24. The summed E-state index contributed by atoms with van der Waals surface area (Å²) in [4.78, 5) is 50.4. The lowest BCUT2D eigenvalue weighted by molar-refractivity contribution is -0.158. The molecule has 178 valence electrons. The summed E-state index contributed by atoms with van der Waals surface area (Å²) < 4.78 is 15.4. The van der Waals surface area contributed by atoms with Crippen molar-refractivity contribution in [2.75, 3.05) is 19.8 Å². The monoisotopic (exact) mass is 433 g/mol. The molecule has 8 nitrogen and oxygen atoms in total. The van der Waals surface area contributed by atoms with Crippen LogP contribution in [-0.4, -0.2) is 49.2 Å². The third-order valence-electron chi connectivity index (χ3n) is 5.24. The Morgan fingerprint density at radius 3 is 1.60 bits per heavy atom. The van der Waals surface area contributed by atoms with Gasteiger partial charge < -0.3 is 19.5 Å². The molecule has 0 aliphatic heterocycles. The average molecular weight is 434 g/mol. The largest absolute Gasteiger partial charge is 0.466 e. The minimum absolute atomic E-state index is 0. The van der Waals surface area contributed by atoms with E-state index in [1.54, 1.807) is 27.7 Å². The van der Waals surface area contributed by atoms with Crippen molar-refractivity contribution in [3.8, 4) is 0 Å². The van der Waals surface area contributed by atoms with Crippen molar-refractivity contribution in [1.82, 2.24) is 5.32 Å². The molecule has 0 radical (unpaired) electrons. The van der Waals surface area contributed by atoms with Crippen LogP contribution < -0.4 is 5.32 Å². The highest BCUT2D eigenvalue weighted by Crippen LogP contribution is 2.42. The zero-order chi connectivity index (χ0) is 23.5. The van der Waals surface area contributed by atoms with Crippen molar-refractivity contribution in [2.24, 2.45) is 23.7 Å². The van der Waals surface area contributed by atoms with Crippen LogP contribution in [0.1, 0.15) is 71.1 Å². The van der Waals surface area contributed by atoms with Gasteiger partial charge in [-0.25, -0.2) is 4.79 Å². The second-order valence-electron chi connectivity index (χ2n) is 7.45. The number of carbonyl (C=O) groups excluding carboxylic acids is 4. The van der Waals surface area contributed by atoms with Crippen LogP contribution in [0.5, 0.6) is 0 Å². The Kier molecular flexibility index (Phi) is 12.3. The number of amides is 1. The van der Waals surface area contributed by atoms with E-state index in [0.717, 1.165) is 0 Å². The standard InChI is InChI=1S/C20H33NO7.C2H6.2H2/c1-7-26-17(23)14-10-20(19(25)28-9-3,11-15(14)18(24)27-8-2)21-16(22)13(6)12(4)5;1-2;;/h12-15H,7-11H2,1-6H3,(H,21,22);1-2H3;2*1H/t13-,14-,15+,20?;;;/m0.../s1. The Morgan fingerprint density at radius 2 is 1.27 bits per heavy atom. The van der Waals surface area contributed by atoms with E-state index in [0.29, 0.717) is 0 Å². The maximum atomic E-state index is 12.8. The summed E-state index contributed by atoms with van der Waals surface area (Å²) in [5.41, 5.74) is -1.47. The summed E-state index contributed by atoms with van der Waals surface area (Å²) in [6.45, 7) is 15.0. The molecule has 0 saturated heterocycles. The Hall–Kier alpha value is -2.12. The van der Waals surface area contributed by atoms with Crippen LogP contribution >= 0.6 is 0 Å². The van der Waals surface area contributed by atoms with E-state index in [4.69, 9.17) is 14.2 Å². The second-order valence-corrected chi connectivity index (χ2v) is 7.45. The van der Waals surface area contributed by atoms with Gasteiger partial charge in [0.25, 0.3) is 0 Å². The molecule has 0 heterocycles. The third kappa shape index (κ3) is 6.99. The molecular formula is C22H43NO7. The predicted octanol–water partition coefficient (Wildman–Crippen LogP) is 3.37. The first-order valence-electron chi connectivity index (χ1n) is 11.0. The fourth-order valence-electron chi connectivity index (χ4n) is 3.35. The van der Waals surface area contributed by atoms with Crippen LogP contribution in [0, 0.1) is 23.7 Å². The summed E-state index contributed by atoms with van der Waals surface area (Å²) in [5, 5.41) is 2.78. The molecule has 1 rings (SSSR count). The number of hydrogen-bond acceptors (Lipinski definition) is 7. The Balaban J connectivity index is -0.00000204. The summed E-state index contributed by atoms with van der Waals surface area (Å²) in [7, 11) is 0. The smallest absolute Gasteiger partial charge is 0.331 e. The first-order valence-corrected chi connectivity index (χ1v) is 11.0. The molecule has 30 heavy (non-hydrogen) atoms. The highest BCUT2D eigenvalue weighted by atomic mass is 16.5. The highest BCUT2D eigenvalue weighted by molar-refractivity contribution is 5.93. The minimum atomic E-state index is -1.47. The molecule has 1 N–H and O–H groups in total. The van der Waals surface area contributed by atoms with Crippen molar-refractivity contribution in [3.05, 3.63) is 0 Å². The van der Waals surface area contributed by atoms with Crippen LogP contribution in [0.25, 0.3) is 0 Å². The molecule has 1 saturated carbocycles. The van der Waals surface area contributed by atoms with Gasteiger partial charge in [-0.15, -0.1) is 0 Å². The summed E-state index contributed by atoms with van der Waals surface area (Å²) in [6.07, 6.45) is -0.130. The van der Waals surface area contributed by atoms with Gasteiger partial charge in [0.05, 0.1) is 31.7 Å². The highest BCUT2D eigenvalue weighted by Gasteiger charge is 2.57. The molecule has 1 aliphatic rings. The molecule has 4 atom stereocenters. The Morgan fingerprint density at radius 1 is 0.867 bits per heavy atom. The van der Waals surface area contributed by atoms with Gasteiger partial charge in [0.1, 0.15) is 5.54 Å². The van der Waals surface area contributed by atoms with Gasteiger partial charge in [-0.3, -0.25) is 14.4 Å². The number of ether oxygens (including phenoxy) is 3. The van der Waals surface area contributed by atoms with E-state index >= 15 is 0 Å². The molecule has 1 unspecified atom stereocenters. The number of carbonyl (C=O) groups is 4. The zero-order valence-electron chi connectivity index (χ0n) is 19.7. The summed E-state index contributed by atoms with van der Waals surface area (Å²) >= 11 is 0. The molecule has 0 bridgehead atoms. The van der Waals surface area contributed by atoms with E-state index in [-0.39, 0.29) is 53.3 Å². The van der Waals surface area contributed by atoms with Crippen molar-refractivity contribution in [2.45, 2.75) is 73.8 Å². The van der Waals surface area contributed by atoms with Crippen molar-refractivity contribution in [1.29, 1.82) is 0 Å². The van der Waals surface area contributed by atoms with Crippen LogP contribution in [-0.2, 0) is 33.4 Å². The first-order chi connectivity index (χ1) is 14.1. The average Bonchev–Trinajstić information content (AvgIpc) is 3.10.